The minimum atomic E-state index is -1.66. The SMILES string of the molecule is C.C=S1(=O)CCN(C)CC1.C=S1CCN(C)CC1.CN1CCN(C)CC1. The maximum Gasteiger partial charge on any atom is 0.0287 e. The summed E-state index contributed by atoms with van der Waals surface area (Å²) >= 11 is 0. The van der Waals surface area contributed by atoms with Gasteiger partial charge in [-0.15, -0.1) is 0 Å². The molecule has 3 fully saturated rings. The van der Waals surface area contributed by atoms with E-state index in [4.69, 9.17) is 0 Å². The summed E-state index contributed by atoms with van der Waals surface area (Å²) in [5, 5.41) is 0. The van der Waals surface area contributed by atoms with Crippen molar-refractivity contribution in [2.24, 2.45) is 0 Å². The topological polar surface area (TPSA) is 30.0 Å². The van der Waals surface area contributed by atoms with Crippen LogP contribution in [0.3, 0.4) is 0 Å². The lowest BCUT2D eigenvalue weighted by atomic mass is 10.4. The van der Waals surface area contributed by atoms with Gasteiger partial charge in [-0.1, -0.05) is 13.3 Å². The summed E-state index contributed by atoms with van der Waals surface area (Å²) in [6.07, 6.45) is 0. The average Bonchev–Trinajstić information content (AvgIpc) is 2.57. The molecule has 3 aliphatic rings. The fraction of sp³-hybridized carbons (Fsp3) is 0.895. The molecule has 0 aromatic carbocycles. The molecular formula is C19H44N4OS2. The molecule has 0 aliphatic carbocycles. The number of piperazine rings is 1. The van der Waals surface area contributed by atoms with Gasteiger partial charge >= 0.3 is 0 Å². The number of nitrogens with zero attached hydrogens (tertiary/aromatic N) is 4. The van der Waals surface area contributed by atoms with Crippen molar-refractivity contribution in [2.45, 2.75) is 7.43 Å². The molecule has 0 aromatic heterocycles. The van der Waals surface area contributed by atoms with Crippen LogP contribution in [0, 0.1) is 0 Å². The second-order valence-corrected chi connectivity index (χ2v) is 12.4. The Labute approximate surface area is 166 Å². The van der Waals surface area contributed by atoms with Gasteiger partial charge in [-0.3, -0.25) is 4.21 Å². The van der Waals surface area contributed by atoms with Crippen molar-refractivity contribution in [2.75, 3.05) is 104 Å². The molecule has 0 unspecified atom stereocenters. The Kier molecular flexibility index (Phi) is 13.3. The minimum Gasteiger partial charge on any atom is -0.305 e. The molecular weight excluding hydrogens is 364 g/mol. The van der Waals surface area contributed by atoms with E-state index in [1.165, 1.54) is 50.8 Å². The van der Waals surface area contributed by atoms with E-state index in [0.29, 0.717) is 10.5 Å². The van der Waals surface area contributed by atoms with E-state index >= 15 is 0 Å². The predicted molar refractivity (Wildman–Crippen MR) is 126 cm³/mol. The number of rotatable bonds is 0. The van der Waals surface area contributed by atoms with Crippen LogP contribution in [0.25, 0.3) is 0 Å². The van der Waals surface area contributed by atoms with Crippen LogP contribution >= 0.6 is 10.5 Å². The van der Waals surface area contributed by atoms with Crippen LogP contribution in [0.1, 0.15) is 7.43 Å². The molecule has 26 heavy (non-hydrogen) atoms. The summed E-state index contributed by atoms with van der Waals surface area (Å²) in [6.45, 7) is 9.34. The molecule has 3 aliphatic heterocycles. The van der Waals surface area contributed by atoms with Crippen molar-refractivity contribution in [3.63, 3.8) is 0 Å². The van der Waals surface area contributed by atoms with Crippen molar-refractivity contribution in [3.05, 3.63) is 0 Å². The minimum absolute atomic E-state index is 0. The molecule has 0 spiro atoms. The molecule has 3 heterocycles. The van der Waals surface area contributed by atoms with Crippen LogP contribution in [-0.4, -0.2) is 139 Å². The first-order chi connectivity index (χ1) is 11.7. The van der Waals surface area contributed by atoms with Gasteiger partial charge in [-0.25, -0.2) is 0 Å². The van der Waals surface area contributed by atoms with Crippen molar-refractivity contribution < 1.29 is 4.21 Å². The van der Waals surface area contributed by atoms with E-state index in [1.807, 2.05) is 0 Å². The Morgan fingerprint density at radius 2 is 1.00 bits per heavy atom. The standard InChI is InChI=1S/C6H14N2.C6H13NOS.C6H13NS.CH4/c1-7-3-5-8(2)6-4-7;1-7-3-5-9(2,8)6-4-7;1-7-3-5-8(2)6-4-7;/h3-6H2,1-2H3;2-6H2,1H3;2-6H2,1H3;1H4. The molecule has 158 valence electrons. The van der Waals surface area contributed by atoms with Crippen LogP contribution in [-0.2, 0) is 9.52 Å². The summed E-state index contributed by atoms with van der Waals surface area (Å²) in [4.78, 5) is 9.28. The molecule has 0 saturated carbocycles. The Bertz CT molecular complexity index is 454. The lowest BCUT2D eigenvalue weighted by Gasteiger charge is -2.28. The molecule has 0 atom stereocenters. The maximum atomic E-state index is 11.2. The van der Waals surface area contributed by atoms with E-state index in [9.17, 15) is 4.21 Å². The van der Waals surface area contributed by atoms with Crippen LogP contribution in [0.5, 0.6) is 0 Å². The third-order valence-corrected chi connectivity index (χ3v) is 8.31. The van der Waals surface area contributed by atoms with Gasteiger partial charge in [-0.2, -0.15) is 10.5 Å². The summed E-state index contributed by atoms with van der Waals surface area (Å²) in [7, 11) is 7.41. The third kappa shape index (κ3) is 12.5. The van der Waals surface area contributed by atoms with Gasteiger partial charge in [0.05, 0.1) is 0 Å². The summed E-state index contributed by atoms with van der Waals surface area (Å²) in [6, 6.07) is 0. The van der Waals surface area contributed by atoms with E-state index in [0.717, 1.165) is 24.6 Å². The molecule has 3 rings (SSSR count). The zero-order valence-electron chi connectivity index (χ0n) is 16.9. The van der Waals surface area contributed by atoms with E-state index < -0.39 is 9.52 Å². The first-order valence-corrected chi connectivity index (χ1v) is 13.0. The molecule has 0 aromatic rings. The molecule has 0 radical (unpaired) electrons. The Hall–Kier alpha value is 0.0800. The highest BCUT2D eigenvalue weighted by Gasteiger charge is 2.13. The molecule has 0 bridgehead atoms. The fourth-order valence-electron chi connectivity index (χ4n) is 2.55. The van der Waals surface area contributed by atoms with Gasteiger partial charge in [0.1, 0.15) is 0 Å². The zero-order chi connectivity index (χ0) is 18.9. The van der Waals surface area contributed by atoms with Crippen molar-refractivity contribution in [3.8, 4) is 0 Å². The molecule has 7 heteroatoms. The first kappa shape index (κ1) is 26.1. The largest absolute Gasteiger partial charge is 0.305 e. The predicted octanol–water partition coefficient (Wildman–Crippen LogP) is 0.781. The first-order valence-electron chi connectivity index (χ1n) is 9.22. The van der Waals surface area contributed by atoms with Gasteiger partial charge < -0.3 is 19.6 Å². The summed E-state index contributed by atoms with van der Waals surface area (Å²) < 4.78 is 11.2. The Morgan fingerprint density at radius 3 is 1.31 bits per heavy atom. The second-order valence-electron chi connectivity index (χ2n) is 7.61. The average molecular weight is 409 g/mol. The van der Waals surface area contributed by atoms with Gasteiger partial charge in [0, 0.05) is 75.4 Å². The number of hydrogen-bond acceptors (Lipinski definition) is 5. The van der Waals surface area contributed by atoms with Crippen molar-refractivity contribution in [1.82, 2.24) is 19.6 Å². The van der Waals surface area contributed by atoms with Crippen LogP contribution in [0.4, 0.5) is 0 Å². The number of likely N-dealkylation sites (N-methyl/N-ethyl adjacent to an activating group) is 2. The highest BCUT2D eigenvalue weighted by atomic mass is 32.2. The third-order valence-electron chi connectivity index (χ3n) is 4.94. The number of hydrogen-bond donors (Lipinski definition) is 0. The smallest absolute Gasteiger partial charge is 0.0287 e. The second kappa shape index (κ2) is 13.3. The van der Waals surface area contributed by atoms with Crippen LogP contribution in [0.15, 0.2) is 0 Å². The molecule has 0 N–H and O–H groups in total. The van der Waals surface area contributed by atoms with Gasteiger partial charge in [0.2, 0.25) is 0 Å². The fourth-order valence-corrected chi connectivity index (χ4v) is 5.39. The lowest BCUT2D eigenvalue weighted by Crippen LogP contribution is -2.42. The molecule has 5 nitrogen and oxygen atoms in total. The quantitative estimate of drug-likeness (QED) is 0.553. The normalized spacial score (nSPS) is 25.8. The van der Waals surface area contributed by atoms with E-state index in [2.05, 4.69) is 59.5 Å². The van der Waals surface area contributed by atoms with Gasteiger partial charge in [0.15, 0.2) is 0 Å². The Morgan fingerprint density at radius 1 is 0.692 bits per heavy atom. The highest BCUT2D eigenvalue weighted by molar-refractivity contribution is 8.14. The lowest BCUT2D eigenvalue weighted by molar-refractivity contribution is 0.181. The van der Waals surface area contributed by atoms with E-state index in [-0.39, 0.29) is 7.43 Å². The monoisotopic (exact) mass is 408 g/mol. The zero-order valence-corrected chi connectivity index (χ0v) is 18.5. The Balaban J connectivity index is 0.000000355. The highest BCUT2D eigenvalue weighted by Crippen LogP contribution is 2.13. The maximum absolute atomic E-state index is 11.2. The van der Waals surface area contributed by atoms with Crippen molar-refractivity contribution in [1.29, 1.82) is 0 Å². The summed E-state index contributed by atoms with van der Waals surface area (Å²) in [5.41, 5.74) is 0. The molecule has 3 saturated heterocycles. The van der Waals surface area contributed by atoms with Gasteiger partial charge in [0.25, 0.3) is 0 Å². The van der Waals surface area contributed by atoms with Gasteiger partial charge in [-0.05, 0) is 43.6 Å². The summed E-state index contributed by atoms with van der Waals surface area (Å²) in [5.74, 6) is 11.9. The van der Waals surface area contributed by atoms with Crippen LogP contribution < -0.4 is 0 Å². The van der Waals surface area contributed by atoms with Crippen LogP contribution in [0.2, 0.25) is 0 Å². The van der Waals surface area contributed by atoms with Crippen molar-refractivity contribution >= 4 is 31.7 Å². The molecule has 0 amide bonds. The van der Waals surface area contributed by atoms with E-state index in [1.54, 1.807) is 0 Å².